The molecule has 1 aromatic rings. The van der Waals surface area contributed by atoms with E-state index in [1.807, 2.05) is 0 Å². The molecule has 0 bridgehead atoms. The molecule has 0 heterocycles. The number of nitrogens with zero attached hydrogens (tertiary/aromatic N) is 2. The third-order valence-electron chi connectivity index (χ3n) is 3.62. The van der Waals surface area contributed by atoms with E-state index in [9.17, 15) is 20.0 Å². The predicted octanol–water partition coefficient (Wildman–Crippen LogP) is 3.89. The number of hydrogen-bond donors (Lipinski definition) is 2. The predicted molar refractivity (Wildman–Crippen MR) is 93.1 cm³/mol. The lowest BCUT2D eigenvalue weighted by Crippen LogP contribution is -2.16. The minimum Gasteiger partial charge on any atom is -0.507 e. The maximum Gasteiger partial charge on any atom is 0.270 e. The molecule has 132 valence electrons. The van der Waals surface area contributed by atoms with E-state index in [2.05, 4.69) is 17.5 Å². The van der Waals surface area contributed by atoms with Crippen LogP contribution in [-0.2, 0) is 4.79 Å². The van der Waals surface area contributed by atoms with Crippen molar-refractivity contribution in [2.45, 2.75) is 58.3 Å². The second-order valence-corrected chi connectivity index (χ2v) is 5.66. The van der Waals surface area contributed by atoms with Crippen LogP contribution < -0.4 is 5.43 Å². The zero-order valence-electron chi connectivity index (χ0n) is 14.0. The molecule has 0 unspecified atom stereocenters. The van der Waals surface area contributed by atoms with Crippen LogP contribution >= 0.6 is 0 Å². The summed E-state index contributed by atoms with van der Waals surface area (Å²) in [5.74, 6) is -0.338. The molecule has 2 N–H and O–H groups in total. The van der Waals surface area contributed by atoms with Gasteiger partial charge < -0.3 is 5.11 Å². The van der Waals surface area contributed by atoms with Crippen LogP contribution in [0, 0.1) is 10.1 Å². The van der Waals surface area contributed by atoms with Crippen LogP contribution in [0.5, 0.6) is 5.75 Å². The largest absolute Gasteiger partial charge is 0.507 e. The first kappa shape index (κ1) is 19.6. The van der Waals surface area contributed by atoms with Crippen molar-refractivity contribution in [2.24, 2.45) is 5.10 Å². The molecule has 0 saturated carbocycles. The van der Waals surface area contributed by atoms with Crippen LogP contribution in [0.2, 0.25) is 0 Å². The van der Waals surface area contributed by atoms with E-state index in [0.29, 0.717) is 6.42 Å². The molecule has 7 nitrogen and oxygen atoms in total. The van der Waals surface area contributed by atoms with Crippen LogP contribution in [0.3, 0.4) is 0 Å². The number of phenolic OH excluding ortho intramolecular Hbond substituents is 1. The molecule has 1 rings (SSSR count). The molecular formula is C17H25N3O4. The Morgan fingerprint density at radius 1 is 1.25 bits per heavy atom. The molecule has 1 amide bonds. The smallest absolute Gasteiger partial charge is 0.270 e. The van der Waals surface area contributed by atoms with Crippen LogP contribution in [-0.4, -0.2) is 22.2 Å². The number of benzene rings is 1. The third kappa shape index (κ3) is 7.71. The van der Waals surface area contributed by atoms with E-state index in [1.54, 1.807) is 0 Å². The Morgan fingerprint density at radius 2 is 1.92 bits per heavy atom. The van der Waals surface area contributed by atoms with Crippen LogP contribution in [0.4, 0.5) is 5.69 Å². The van der Waals surface area contributed by atoms with Gasteiger partial charge in [-0.05, 0) is 12.5 Å². The van der Waals surface area contributed by atoms with Gasteiger partial charge in [-0.15, -0.1) is 0 Å². The van der Waals surface area contributed by atoms with Crippen molar-refractivity contribution in [3.05, 3.63) is 33.9 Å². The summed E-state index contributed by atoms with van der Waals surface area (Å²) in [6, 6.07) is 3.62. The quantitative estimate of drug-likeness (QED) is 0.277. The number of nitrogens with one attached hydrogen (secondary N) is 1. The van der Waals surface area contributed by atoms with Gasteiger partial charge in [0.15, 0.2) is 0 Å². The Bertz CT molecular complexity index is 573. The van der Waals surface area contributed by atoms with Crippen molar-refractivity contribution in [3.8, 4) is 5.75 Å². The number of hydrogen-bond acceptors (Lipinski definition) is 5. The molecule has 0 aliphatic carbocycles. The number of nitro benzene ring substituents is 1. The molecule has 0 aliphatic rings. The molecule has 0 aliphatic heterocycles. The lowest BCUT2D eigenvalue weighted by Gasteiger charge is -2.02. The van der Waals surface area contributed by atoms with Gasteiger partial charge in [-0.25, -0.2) is 5.43 Å². The van der Waals surface area contributed by atoms with Gasteiger partial charge >= 0.3 is 0 Å². The highest BCUT2D eigenvalue weighted by atomic mass is 16.6. The highest BCUT2D eigenvalue weighted by Crippen LogP contribution is 2.21. The summed E-state index contributed by atoms with van der Waals surface area (Å²) >= 11 is 0. The number of carbonyl (C=O) groups excluding carboxylic acids is 1. The average molecular weight is 335 g/mol. The number of rotatable bonds is 11. The SMILES string of the molecule is CCCCCCCCCC(=O)NN=Cc1cc([N+](=O)[O-])ccc1O. The molecule has 24 heavy (non-hydrogen) atoms. The molecule has 0 saturated heterocycles. The van der Waals surface area contributed by atoms with Crippen LogP contribution in [0.25, 0.3) is 0 Å². The lowest BCUT2D eigenvalue weighted by atomic mass is 10.1. The van der Waals surface area contributed by atoms with Crippen molar-refractivity contribution in [1.82, 2.24) is 5.43 Å². The van der Waals surface area contributed by atoms with E-state index in [4.69, 9.17) is 0 Å². The van der Waals surface area contributed by atoms with E-state index in [0.717, 1.165) is 19.3 Å². The zero-order chi connectivity index (χ0) is 17.8. The first-order valence-corrected chi connectivity index (χ1v) is 8.34. The lowest BCUT2D eigenvalue weighted by molar-refractivity contribution is -0.384. The van der Waals surface area contributed by atoms with Gasteiger partial charge in [0, 0.05) is 24.1 Å². The Labute approximate surface area is 141 Å². The van der Waals surface area contributed by atoms with E-state index < -0.39 is 4.92 Å². The zero-order valence-corrected chi connectivity index (χ0v) is 14.0. The van der Waals surface area contributed by atoms with Crippen molar-refractivity contribution >= 4 is 17.8 Å². The van der Waals surface area contributed by atoms with Gasteiger partial charge in [0.25, 0.3) is 5.69 Å². The van der Waals surface area contributed by atoms with Crippen molar-refractivity contribution in [2.75, 3.05) is 0 Å². The number of unbranched alkanes of at least 4 members (excludes halogenated alkanes) is 6. The average Bonchev–Trinajstić information content (AvgIpc) is 2.55. The first-order valence-electron chi connectivity index (χ1n) is 8.34. The summed E-state index contributed by atoms with van der Waals surface area (Å²) in [5.41, 5.74) is 2.40. The third-order valence-corrected chi connectivity index (χ3v) is 3.62. The molecule has 0 fully saturated rings. The highest BCUT2D eigenvalue weighted by Gasteiger charge is 2.08. The molecule has 7 heteroatoms. The summed E-state index contributed by atoms with van der Waals surface area (Å²) in [6.45, 7) is 2.18. The van der Waals surface area contributed by atoms with Gasteiger partial charge in [0.05, 0.1) is 11.1 Å². The molecule has 1 aromatic carbocycles. The van der Waals surface area contributed by atoms with Crippen molar-refractivity contribution in [1.29, 1.82) is 0 Å². The Kier molecular flexibility index (Phi) is 9.11. The number of hydrazone groups is 1. The number of non-ortho nitro benzene ring substituents is 1. The van der Waals surface area contributed by atoms with E-state index in [1.165, 1.54) is 50.1 Å². The van der Waals surface area contributed by atoms with Gasteiger partial charge in [0.2, 0.25) is 5.91 Å². The highest BCUT2D eigenvalue weighted by molar-refractivity contribution is 5.85. The maximum atomic E-state index is 11.6. The molecule has 0 aromatic heterocycles. The standard InChI is InChI=1S/C17H25N3O4/c1-2-3-4-5-6-7-8-9-17(22)19-18-13-14-12-15(20(23)24)10-11-16(14)21/h10-13,21H,2-9H2,1H3,(H,19,22). The minimum atomic E-state index is -0.560. The maximum absolute atomic E-state index is 11.6. The van der Waals surface area contributed by atoms with Crippen LogP contribution in [0.1, 0.15) is 63.9 Å². The molecule has 0 spiro atoms. The molecule has 0 atom stereocenters. The number of nitro groups is 1. The van der Waals surface area contributed by atoms with Gasteiger partial charge in [0.1, 0.15) is 5.75 Å². The number of aromatic hydroxyl groups is 1. The molecule has 0 radical (unpaired) electrons. The van der Waals surface area contributed by atoms with Gasteiger partial charge in [-0.3, -0.25) is 14.9 Å². The summed E-state index contributed by atoms with van der Waals surface area (Å²) in [5, 5.41) is 24.0. The number of amides is 1. The topological polar surface area (TPSA) is 105 Å². The summed E-state index contributed by atoms with van der Waals surface area (Å²) < 4.78 is 0. The fourth-order valence-electron chi connectivity index (χ4n) is 2.23. The normalized spacial score (nSPS) is 10.9. The Hall–Kier alpha value is -2.44. The number of carbonyl (C=O) groups is 1. The van der Waals surface area contributed by atoms with E-state index in [-0.39, 0.29) is 22.9 Å². The van der Waals surface area contributed by atoms with Crippen molar-refractivity contribution in [3.63, 3.8) is 0 Å². The van der Waals surface area contributed by atoms with E-state index >= 15 is 0 Å². The molecular weight excluding hydrogens is 310 g/mol. The monoisotopic (exact) mass is 335 g/mol. The Balaban J connectivity index is 2.30. The summed E-state index contributed by atoms with van der Waals surface area (Å²) in [4.78, 5) is 21.8. The fraction of sp³-hybridized carbons (Fsp3) is 0.529. The minimum absolute atomic E-state index is 0.134. The van der Waals surface area contributed by atoms with Crippen LogP contribution in [0.15, 0.2) is 23.3 Å². The Morgan fingerprint density at radius 3 is 2.58 bits per heavy atom. The first-order chi connectivity index (χ1) is 11.5. The second kappa shape index (κ2) is 11.2. The fourth-order valence-corrected chi connectivity index (χ4v) is 2.23. The summed E-state index contributed by atoms with van der Waals surface area (Å²) in [7, 11) is 0. The van der Waals surface area contributed by atoms with Gasteiger partial charge in [-0.2, -0.15) is 5.10 Å². The number of phenols is 1. The van der Waals surface area contributed by atoms with Crippen molar-refractivity contribution < 1.29 is 14.8 Å². The van der Waals surface area contributed by atoms with Gasteiger partial charge in [-0.1, -0.05) is 45.4 Å². The second-order valence-electron chi connectivity index (χ2n) is 5.66. The summed E-state index contributed by atoms with van der Waals surface area (Å²) in [6.07, 6.45) is 9.51.